The predicted octanol–water partition coefficient (Wildman–Crippen LogP) is 3.73. The summed E-state index contributed by atoms with van der Waals surface area (Å²) < 4.78 is 5.67. The molecule has 1 saturated carbocycles. The third kappa shape index (κ3) is 2.05. The molecule has 0 spiro atoms. The lowest BCUT2D eigenvalue weighted by molar-refractivity contribution is -0.156. The minimum atomic E-state index is -1.08. The summed E-state index contributed by atoms with van der Waals surface area (Å²) >= 11 is 0. The van der Waals surface area contributed by atoms with Crippen molar-refractivity contribution >= 4 is 12.1 Å². The number of carboxylic acid groups (broad SMARTS) is 1. The van der Waals surface area contributed by atoms with Gasteiger partial charge in [-0.1, -0.05) is 55.5 Å². The van der Waals surface area contributed by atoms with Crippen LogP contribution in [0.4, 0.5) is 4.79 Å². The van der Waals surface area contributed by atoms with Gasteiger partial charge in [0.15, 0.2) is 0 Å². The van der Waals surface area contributed by atoms with Gasteiger partial charge in [0.2, 0.25) is 0 Å². The second-order valence-electron chi connectivity index (χ2n) is 7.90. The molecule has 2 aliphatic carbocycles. The molecule has 2 bridgehead atoms. The average Bonchev–Trinajstić information content (AvgIpc) is 3.33. The number of rotatable bonds is 3. The van der Waals surface area contributed by atoms with Gasteiger partial charge in [0.25, 0.3) is 0 Å². The van der Waals surface area contributed by atoms with Crippen molar-refractivity contribution in [3.8, 4) is 11.1 Å². The molecule has 3 fully saturated rings. The Labute approximate surface area is 157 Å². The van der Waals surface area contributed by atoms with Crippen molar-refractivity contribution in [2.75, 3.05) is 13.2 Å². The molecule has 138 valence electrons. The van der Waals surface area contributed by atoms with Gasteiger partial charge in [-0.3, -0.25) is 4.90 Å². The number of benzene rings is 2. The largest absolute Gasteiger partial charge is 0.479 e. The van der Waals surface area contributed by atoms with Crippen LogP contribution in [0, 0.1) is 11.8 Å². The van der Waals surface area contributed by atoms with Crippen LogP contribution in [0.3, 0.4) is 0 Å². The zero-order chi connectivity index (χ0) is 18.8. The standard InChI is InChI=1S/C22H21NO4/c1-13-14-10-22(13,20(24)25)23(11-14)21(26)27-12-19-17-8-4-2-6-15(17)16-7-3-5-9-18(16)19/h2-9,13-14,19H,10-12H2,1H3,(H,24,25)/t13-,14+,22+/m1/s1. The number of hydrogen-bond donors (Lipinski definition) is 1. The normalized spacial score (nSPS) is 27.7. The van der Waals surface area contributed by atoms with Crippen molar-refractivity contribution < 1.29 is 19.4 Å². The highest BCUT2D eigenvalue weighted by molar-refractivity contribution is 5.88. The van der Waals surface area contributed by atoms with Crippen LogP contribution in [0.5, 0.6) is 0 Å². The number of nitrogens with zero attached hydrogens (tertiary/aromatic N) is 1. The molecule has 5 nitrogen and oxygen atoms in total. The molecule has 0 aromatic heterocycles. The van der Waals surface area contributed by atoms with Gasteiger partial charge < -0.3 is 9.84 Å². The Kier molecular flexibility index (Phi) is 3.39. The van der Waals surface area contributed by atoms with E-state index in [2.05, 4.69) is 24.3 Å². The van der Waals surface area contributed by atoms with Gasteiger partial charge in [-0.05, 0) is 40.5 Å². The topological polar surface area (TPSA) is 66.8 Å². The van der Waals surface area contributed by atoms with Crippen LogP contribution in [0.25, 0.3) is 11.1 Å². The van der Waals surface area contributed by atoms with E-state index in [1.807, 2.05) is 31.2 Å². The number of aliphatic carboxylic acids is 1. The summed E-state index contributed by atoms with van der Waals surface area (Å²) in [4.78, 5) is 26.0. The van der Waals surface area contributed by atoms with E-state index in [1.54, 1.807) is 0 Å². The van der Waals surface area contributed by atoms with Crippen LogP contribution in [0.1, 0.15) is 30.4 Å². The van der Waals surface area contributed by atoms with Crippen molar-refractivity contribution in [2.45, 2.75) is 24.8 Å². The summed E-state index contributed by atoms with van der Waals surface area (Å²) in [6, 6.07) is 16.3. The average molecular weight is 363 g/mol. The van der Waals surface area contributed by atoms with Gasteiger partial charge in [-0.25, -0.2) is 9.59 Å². The van der Waals surface area contributed by atoms with E-state index in [4.69, 9.17) is 4.74 Å². The van der Waals surface area contributed by atoms with E-state index in [0.717, 1.165) is 11.1 Å². The van der Waals surface area contributed by atoms with Crippen LogP contribution in [0.15, 0.2) is 48.5 Å². The zero-order valence-electron chi connectivity index (χ0n) is 15.1. The Morgan fingerprint density at radius 3 is 2.26 bits per heavy atom. The molecule has 2 aromatic carbocycles. The van der Waals surface area contributed by atoms with E-state index in [-0.39, 0.29) is 24.4 Å². The number of carbonyl (C=O) groups excluding carboxylic acids is 1. The summed E-state index contributed by atoms with van der Waals surface area (Å²) in [5.41, 5.74) is 3.58. The number of amides is 1. The van der Waals surface area contributed by atoms with Gasteiger partial charge >= 0.3 is 12.1 Å². The number of fused-ring (bicyclic) bond motifs is 4. The Balaban J connectivity index is 1.38. The molecular formula is C22H21NO4. The van der Waals surface area contributed by atoms with E-state index in [1.165, 1.54) is 16.0 Å². The molecule has 27 heavy (non-hydrogen) atoms. The summed E-state index contributed by atoms with van der Waals surface area (Å²) in [5, 5.41) is 9.69. The lowest BCUT2D eigenvalue weighted by atomic mass is 9.64. The highest BCUT2D eigenvalue weighted by Crippen LogP contribution is 2.55. The Morgan fingerprint density at radius 2 is 1.70 bits per heavy atom. The lowest BCUT2D eigenvalue weighted by Crippen LogP contribution is -2.60. The van der Waals surface area contributed by atoms with Crippen molar-refractivity contribution in [1.82, 2.24) is 4.90 Å². The maximum Gasteiger partial charge on any atom is 0.410 e. The molecule has 2 aromatic rings. The first-order valence-electron chi connectivity index (χ1n) is 9.40. The van der Waals surface area contributed by atoms with Gasteiger partial charge in [-0.15, -0.1) is 0 Å². The van der Waals surface area contributed by atoms with Gasteiger partial charge in [-0.2, -0.15) is 0 Å². The number of ether oxygens (including phenoxy) is 1. The molecule has 2 saturated heterocycles. The summed E-state index contributed by atoms with van der Waals surface area (Å²) in [6.45, 7) is 2.61. The van der Waals surface area contributed by atoms with E-state index >= 15 is 0 Å². The monoisotopic (exact) mass is 363 g/mol. The first kappa shape index (κ1) is 16.4. The zero-order valence-corrected chi connectivity index (χ0v) is 15.1. The Morgan fingerprint density at radius 1 is 1.11 bits per heavy atom. The van der Waals surface area contributed by atoms with E-state index in [9.17, 15) is 14.7 Å². The molecule has 2 heterocycles. The first-order valence-corrected chi connectivity index (χ1v) is 9.40. The smallest absolute Gasteiger partial charge is 0.410 e. The molecule has 1 amide bonds. The summed E-state index contributed by atoms with van der Waals surface area (Å²) in [6.07, 6.45) is 0.0272. The minimum Gasteiger partial charge on any atom is -0.479 e. The van der Waals surface area contributed by atoms with Crippen molar-refractivity contribution in [3.05, 3.63) is 59.7 Å². The summed E-state index contributed by atoms with van der Waals surface area (Å²) in [7, 11) is 0. The summed E-state index contributed by atoms with van der Waals surface area (Å²) in [5.74, 6) is -0.688. The quantitative estimate of drug-likeness (QED) is 0.902. The number of hydrogen-bond acceptors (Lipinski definition) is 3. The number of carboxylic acids is 1. The molecule has 6 rings (SSSR count). The predicted molar refractivity (Wildman–Crippen MR) is 99.4 cm³/mol. The lowest BCUT2D eigenvalue weighted by Gasteiger charge is -2.43. The van der Waals surface area contributed by atoms with E-state index in [0.29, 0.717) is 13.0 Å². The van der Waals surface area contributed by atoms with Gasteiger partial charge in [0.05, 0.1) is 0 Å². The Hall–Kier alpha value is -2.82. The molecule has 2 aliphatic heterocycles. The maximum absolute atomic E-state index is 12.8. The second kappa shape index (κ2) is 5.59. The van der Waals surface area contributed by atoms with Crippen molar-refractivity contribution in [1.29, 1.82) is 0 Å². The molecule has 0 radical (unpaired) electrons. The van der Waals surface area contributed by atoms with Gasteiger partial charge in [0.1, 0.15) is 12.1 Å². The van der Waals surface area contributed by atoms with Gasteiger partial charge in [0, 0.05) is 12.5 Å². The van der Waals surface area contributed by atoms with Crippen LogP contribution >= 0.6 is 0 Å². The Bertz CT molecular complexity index is 909. The fraction of sp³-hybridized carbons (Fsp3) is 0.364. The van der Waals surface area contributed by atoms with Crippen molar-refractivity contribution in [2.24, 2.45) is 11.8 Å². The fourth-order valence-electron chi connectivity index (χ4n) is 5.27. The van der Waals surface area contributed by atoms with Crippen LogP contribution < -0.4 is 0 Å². The van der Waals surface area contributed by atoms with Crippen LogP contribution in [0.2, 0.25) is 0 Å². The molecule has 0 unspecified atom stereocenters. The molecule has 4 aliphatic rings. The van der Waals surface area contributed by atoms with Crippen LogP contribution in [-0.4, -0.2) is 40.8 Å². The third-order valence-corrected chi connectivity index (χ3v) is 6.86. The highest BCUT2D eigenvalue weighted by atomic mass is 16.6. The van der Waals surface area contributed by atoms with E-state index < -0.39 is 17.6 Å². The molecular weight excluding hydrogens is 342 g/mol. The highest BCUT2D eigenvalue weighted by Gasteiger charge is 2.68. The number of carbonyl (C=O) groups is 2. The third-order valence-electron chi connectivity index (χ3n) is 6.86. The first-order chi connectivity index (χ1) is 13.0. The SMILES string of the molecule is C[C@@H]1[C@@H]2CN(C(=O)OCC3c4ccccc4-c4ccccc43)[C@@]1(C(=O)O)C2. The maximum atomic E-state index is 12.8. The minimum absolute atomic E-state index is 0.0165. The van der Waals surface area contributed by atoms with Crippen LogP contribution in [-0.2, 0) is 9.53 Å². The van der Waals surface area contributed by atoms with Crippen molar-refractivity contribution in [3.63, 3.8) is 0 Å². The molecule has 3 atom stereocenters. The molecule has 1 N–H and O–H groups in total. The fourth-order valence-corrected chi connectivity index (χ4v) is 5.27. The second-order valence-corrected chi connectivity index (χ2v) is 7.90. The molecule has 5 heteroatoms.